The monoisotopic (exact) mass is 327 g/mol. The van der Waals surface area contributed by atoms with Crippen molar-refractivity contribution in [2.24, 2.45) is 0 Å². The molecule has 6 heteroatoms. The maximum atomic E-state index is 13.2. The molecule has 0 aliphatic rings. The Balaban J connectivity index is 2.27. The molecule has 0 unspecified atom stereocenters. The van der Waals surface area contributed by atoms with Gasteiger partial charge in [-0.05, 0) is 46.3 Å². The van der Waals surface area contributed by atoms with E-state index in [-0.39, 0.29) is 5.56 Å². The number of aromatic nitrogens is 1. The first-order chi connectivity index (χ1) is 8.56. The predicted molar refractivity (Wildman–Crippen MR) is 69.4 cm³/mol. The molecular weight excluding hydrogens is 321 g/mol. The van der Waals surface area contributed by atoms with E-state index in [0.717, 1.165) is 10.5 Å². The second kappa shape index (κ2) is 5.49. The van der Waals surface area contributed by atoms with Gasteiger partial charge in [0.1, 0.15) is 10.8 Å². The summed E-state index contributed by atoms with van der Waals surface area (Å²) in [5, 5.41) is 9.53. The lowest BCUT2D eigenvalue weighted by Crippen LogP contribution is -2.00. The van der Waals surface area contributed by atoms with E-state index in [1.54, 1.807) is 12.3 Å². The van der Waals surface area contributed by atoms with Gasteiger partial charge in [0.15, 0.2) is 0 Å². The molecule has 0 bridgehead atoms. The second-order valence-corrected chi connectivity index (χ2v) is 5.37. The summed E-state index contributed by atoms with van der Waals surface area (Å²) in [7, 11) is 0. The van der Waals surface area contributed by atoms with E-state index in [4.69, 9.17) is 5.11 Å². The Hall–Kier alpha value is -1.40. The molecule has 0 fully saturated rings. The van der Waals surface area contributed by atoms with Crippen molar-refractivity contribution in [3.8, 4) is 0 Å². The molecular formula is C12H7BrFNO2S. The van der Waals surface area contributed by atoms with Crippen LogP contribution in [0.3, 0.4) is 0 Å². The minimum atomic E-state index is -1.28. The van der Waals surface area contributed by atoms with Crippen LogP contribution in [-0.4, -0.2) is 16.1 Å². The maximum absolute atomic E-state index is 13.2. The van der Waals surface area contributed by atoms with E-state index in [1.807, 2.05) is 6.07 Å². The summed E-state index contributed by atoms with van der Waals surface area (Å²) in [4.78, 5) is 15.6. The van der Waals surface area contributed by atoms with Gasteiger partial charge in [0.25, 0.3) is 0 Å². The van der Waals surface area contributed by atoms with Crippen molar-refractivity contribution >= 4 is 33.7 Å². The van der Waals surface area contributed by atoms with Crippen molar-refractivity contribution in [1.29, 1.82) is 0 Å². The molecule has 3 nitrogen and oxygen atoms in total. The number of hydrogen-bond acceptors (Lipinski definition) is 3. The number of carboxylic acids is 1. The average Bonchev–Trinajstić information content (AvgIpc) is 2.34. The smallest absolute Gasteiger partial charge is 0.338 e. The first-order valence-electron chi connectivity index (χ1n) is 4.88. The Morgan fingerprint density at radius 1 is 1.33 bits per heavy atom. The quantitative estimate of drug-likeness (QED) is 0.930. The van der Waals surface area contributed by atoms with Crippen LogP contribution in [0.25, 0.3) is 0 Å². The summed E-state index contributed by atoms with van der Waals surface area (Å²) in [5.74, 6) is -2.02. The summed E-state index contributed by atoms with van der Waals surface area (Å²) in [6.45, 7) is 0. The number of aromatic carboxylic acids is 1. The predicted octanol–water partition coefficient (Wildman–Crippen LogP) is 3.83. The number of nitrogens with zero attached hydrogens (tertiary/aromatic N) is 1. The first-order valence-corrected chi connectivity index (χ1v) is 6.49. The molecule has 1 heterocycles. The summed E-state index contributed by atoms with van der Waals surface area (Å²) in [5.41, 5.74) is -0.336. The molecule has 0 radical (unpaired) electrons. The van der Waals surface area contributed by atoms with E-state index in [9.17, 15) is 9.18 Å². The summed E-state index contributed by atoms with van der Waals surface area (Å²) < 4.78 is 14.1. The summed E-state index contributed by atoms with van der Waals surface area (Å²) in [6, 6.07) is 7.59. The second-order valence-electron chi connectivity index (χ2n) is 3.36. The fraction of sp³-hybridized carbons (Fsp3) is 0. The van der Waals surface area contributed by atoms with Gasteiger partial charge in [-0.3, -0.25) is 0 Å². The third kappa shape index (κ3) is 3.08. The van der Waals surface area contributed by atoms with Crippen LogP contribution in [0.1, 0.15) is 10.4 Å². The minimum Gasteiger partial charge on any atom is -0.478 e. The van der Waals surface area contributed by atoms with E-state index >= 15 is 0 Å². The van der Waals surface area contributed by atoms with Gasteiger partial charge in [-0.15, -0.1) is 0 Å². The van der Waals surface area contributed by atoms with Crippen molar-refractivity contribution in [2.75, 3.05) is 0 Å². The highest BCUT2D eigenvalue weighted by molar-refractivity contribution is 9.10. The number of carbonyl (C=O) groups is 1. The molecule has 18 heavy (non-hydrogen) atoms. The van der Waals surface area contributed by atoms with Crippen LogP contribution in [-0.2, 0) is 0 Å². The van der Waals surface area contributed by atoms with Crippen LogP contribution in [0.15, 0.2) is 50.9 Å². The van der Waals surface area contributed by atoms with Gasteiger partial charge < -0.3 is 5.11 Å². The highest BCUT2D eigenvalue weighted by Crippen LogP contribution is 2.28. The molecule has 0 atom stereocenters. The number of rotatable bonds is 3. The van der Waals surface area contributed by atoms with Gasteiger partial charge in [0.05, 0.1) is 5.56 Å². The lowest BCUT2D eigenvalue weighted by molar-refractivity contribution is 0.0691. The van der Waals surface area contributed by atoms with Gasteiger partial charge >= 0.3 is 5.97 Å². The van der Waals surface area contributed by atoms with Gasteiger partial charge in [0.2, 0.25) is 0 Å². The molecule has 92 valence electrons. The molecule has 0 saturated heterocycles. The fourth-order valence-corrected chi connectivity index (χ4v) is 2.31. The minimum absolute atomic E-state index is 0.336. The molecule has 1 aromatic carbocycles. The van der Waals surface area contributed by atoms with Crippen molar-refractivity contribution in [1.82, 2.24) is 4.98 Å². The number of halogens is 2. The van der Waals surface area contributed by atoms with E-state index in [2.05, 4.69) is 20.9 Å². The van der Waals surface area contributed by atoms with Crippen LogP contribution >= 0.6 is 27.7 Å². The molecule has 0 amide bonds. The molecule has 0 aliphatic carbocycles. The normalized spacial score (nSPS) is 10.3. The number of benzene rings is 1. The fourth-order valence-electron chi connectivity index (χ4n) is 1.28. The third-order valence-corrected chi connectivity index (χ3v) is 3.50. The van der Waals surface area contributed by atoms with Crippen LogP contribution in [0.4, 0.5) is 4.39 Å². The van der Waals surface area contributed by atoms with Gasteiger partial charge in [-0.2, -0.15) is 0 Å². The van der Waals surface area contributed by atoms with Crippen molar-refractivity contribution in [3.05, 3.63) is 52.4 Å². The molecule has 1 aromatic heterocycles. The average molecular weight is 328 g/mol. The van der Waals surface area contributed by atoms with E-state index in [0.29, 0.717) is 9.92 Å². The van der Waals surface area contributed by atoms with Crippen LogP contribution in [0.2, 0.25) is 0 Å². The zero-order valence-electron chi connectivity index (χ0n) is 8.93. The van der Waals surface area contributed by atoms with Crippen molar-refractivity contribution in [3.63, 3.8) is 0 Å². The lowest BCUT2D eigenvalue weighted by Gasteiger charge is -2.03. The van der Waals surface area contributed by atoms with Gasteiger partial charge in [-0.25, -0.2) is 14.2 Å². The highest BCUT2D eigenvalue weighted by Gasteiger charge is 2.11. The number of hydrogen-bond donors (Lipinski definition) is 1. The third-order valence-electron chi connectivity index (χ3n) is 2.09. The largest absolute Gasteiger partial charge is 0.478 e. The van der Waals surface area contributed by atoms with Crippen molar-refractivity contribution < 1.29 is 14.3 Å². The number of pyridine rings is 1. The molecule has 0 saturated carbocycles. The SMILES string of the molecule is O=C(O)c1cc(Sc2ccc(Br)cn2)ccc1F. The Labute approximate surface area is 115 Å². The Morgan fingerprint density at radius 2 is 2.11 bits per heavy atom. The maximum Gasteiger partial charge on any atom is 0.338 e. The lowest BCUT2D eigenvalue weighted by atomic mass is 10.2. The summed E-state index contributed by atoms with van der Waals surface area (Å²) >= 11 is 4.55. The Morgan fingerprint density at radius 3 is 2.72 bits per heavy atom. The standard InChI is InChI=1S/C12H7BrFNO2S/c13-7-1-4-11(15-6-7)18-8-2-3-10(14)9(5-8)12(16)17/h1-6H,(H,16,17). The molecule has 0 spiro atoms. The zero-order valence-corrected chi connectivity index (χ0v) is 11.3. The van der Waals surface area contributed by atoms with Crippen LogP contribution in [0.5, 0.6) is 0 Å². The topological polar surface area (TPSA) is 50.2 Å². The highest BCUT2D eigenvalue weighted by atomic mass is 79.9. The molecule has 0 aliphatic heterocycles. The Kier molecular flexibility index (Phi) is 3.98. The molecule has 2 aromatic rings. The summed E-state index contributed by atoms with van der Waals surface area (Å²) in [6.07, 6.45) is 1.64. The van der Waals surface area contributed by atoms with Gasteiger partial charge in [-0.1, -0.05) is 11.8 Å². The van der Waals surface area contributed by atoms with Crippen molar-refractivity contribution in [2.45, 2.75) is 9.92 Å². The zero-order chi connectivity index (χ0) is 13.1. The van der Waals surface area contributed by atoms with E-state index in [1.165, 1.54) is 23.9 Å². The van der Waals surface area contributed by atoms with Crippen LogP contribution < -0.4 is 0 Å². The van der Waals surface area contributed by atoms with Crippen LogP contribution in [0, 0.1) is 5.82 Å². The number of carboxylic acid groups (broad SMARTS) is 1. The first kappa shape index (κ1) is 13.0. The Bertz CT molecular complexity index is 589. The molecule has 2 rings (SSSR count). The van der Waals surface area contributed by atoms with E-state index < -0.39 is 11.8 Å². The van der Waals surface area contributed by atoms with Gasteiger partial charge in [0, 0.05) is 15.6 Å². The molecule has 1 N–H and O–H groups in total.